The average Bonchev–Trinajstić information content (AvgIpc) is 3.28. The lowest BCUT2D eigenvalue weighted by Crippen LogP contribution is -2.53. The standard InChI is InChI=1S/C24H22BrCl2N3O3/c1-24(2)15(11-19(26)27)21(24)23(33)30-17-6-4-3-5-16(17)29-22(32)18(30)12-20(31)28-14-9-7-13(25)8-10-14/h3-11,15,18,21H,12H2,1-2H3,(H,28,31)(H,29,32)/t15-,18-,21+/m1/s1. The maximum Gasteiger partial charge on any atom is 0.248 e. The van der Waals surface area contributed by atoms with E-state index in [1.54, 1.807) is 54.6 Å². The fourth-order valence-corrected chi connectivity index (χ4v) is 4.95. The Hall–Kier alpha value is -2.35. The number of amides is 3. The molecule has 1 saturated carbocycles. The molecule has 0 unspecified atom stereocenters. The van der Waals surface area contributed by atoms with E-state index in [9.17, 15) is 14.4 Å². The molecule has 2 N–H and O–H groups in total. The van der Waals surface area contributed by atoms with Gasteiger partial charge in [-0.3, -0.25) is 19.3 Å². The Morgan fingerprint density at radius 3 is 2.48 bits per heavy atom. The van der Waals surface area contributed by atoms with Crippen LogP contribution in [0.4, 0.5) is 17.1 Å². The van der Waals surface area contributed by atoms with Gasteiger partial charge < -0.3 is 10.6 Å². The number of fused-ring (bicyclic) bond motifs is 1. The molecule has 1 heterocycles. The third kappa shape index (κ3) is 4.81. The van der Waals surface area contributed by atoms with Crippen molar-refractivity contribution in [3.8, 4) is 0 Å². The Balaban J connectivity index is 1.63. The topological polar surface area (TPSA) is 78.5 Å². The first-order valence-electron chi connectivity index (χ1n) is 10.4. The number of halogens is 3. The Morgan fingerprint density at radius 2 is 1.82 bits per heavy atom. The molecule has 3 amide bonds. The van der Waals surface area contributed by atoms with Crippen molar-refractivity contribution in [2.24, 2.45) is 17.3 Å². The largest absolute Gasteiger partial charge is 0.326 e. The van der Waals surface area contributed by atoms with E-state index in [4.69, 9.17) is 23.2 Å². The van der Waals surface area contributed by atoms with E-state index in [2.05, 4.69) is 26.6 Å². The lowest BCUT2D eigenvalue weighted by atomic mass is 10.0. The molecular weight excluding hydrogens is 529 g/mol. The summed E-state index contributed by atoms with van der Waals surface area (Å²) in [5, 5.41) is 5.62. The normalized spacial score (nSPS) is 22.6. The third-order valence-corrected chi connectivity index (χ3v) is 7.04. The van der Waals surface area contributed by atoms with Crippen molar-refractivity contribution in [3.63, 3.8) is 0 Å². The molecule has 2 aromatic rings. The molecule has 6 nitrogen and oxygen atoms in total. The van der Waals surface area contributed by atoms with Crippen molar-refractivity contribution in [2.45, 2.75) is 26.3 Å². The zero-order chi connectivity index (χ0) is 23.9. The summed E-state index contributed by atoms with van der Waals surface area (Å²) in [7, 11) is 0. The molecular formula is C24H22BrCl2N3O3. The van der Waals surface area contributed by atoms with Crippen LogP contribution in [0, 0.1) is 17.3 Å². The van der Waals surface area contributed by atoms with Crippen molar-refractivity contribution in [2.75, 3.05) is 15.5 Å². The van der Waals surface area contributed by atoms with E-state index >= 15 is 0 Å². The molecule has 0 bridgehead atoms. The second-order valence-corrected chi connectivity index (χ2v) is 10.7. The maximum absolute atomic E-state index is 13.8. The van der Waals surface area contributed by atoms with Crippen LogP contribution >= 0.6 is 39.1 Å². The number of allylic oxidation sites excluding steroid dienone is 1. The van der Waals surface area contributed by atoms with E-state index in [-0.39, 0.29) is 34.1 Å². The quantitative estimate of drug-likeness (QED) is 0.499. The van der Waals surface area contributed by atoms with Gasteiger partial charge in [-0.15, -0.1) is 0 Å². The number of hydrogen-bond donors (Lipinski definition) is 2. The first-order chi connectivity index (χ1) is 15.6. The van der Waals surface area contributed by atoms with E-state index in [1.807, 2.05) is 13.8 Å². The summed E-state index contributed by atoms with van der Waals surface area (Å²) in [6.45, 7) is 3.91. The Morgan fingerprint density at radius 1 is 1.15 bits per heavy atom. The number of para-hydroxylation sites is 2. The first kappa shape index (κ1) is 23.8. The van der Waals surface area contributed by atoms with Crippen LogP contribution in [0.5, 0.6) is 0 Å². The van der Waals surface area contributed by atoms with Crippen LogP contribution in [0.1, 0.15) is 20.3 Å². The van der Waals surface area contributed by atoms with E-state index in [1.165, 1.54) is 4.90 Å². The van der Waals surface area contributed by atoms with Crippen LogP contribution in [0.3, 0.4) is 0 Å². The molecule has 172 valence electrons. The Bertz CT molecular complexity index is 1150. The lowest BCUT2D eigenvalue weighted by Gasteiger charge is -2.36. The van der Waals surface area contributed by atoms with Crippen molar-refractivity contribution in [3.05, 3.63) is 63.6 Å². The minimum atomic E-state index is -0.990. The van der Waals surface area contributed by atoms with Gasteiger partial charge in [0.15, 0.2) is 0 Å². The van der Waals surface area contributed by atoms with Gasteiger partial charge in [0.25, 0.3) is 0 Å². The molecule has 1 fully saturated rings. The highest BCUT2D eigenvalue weighted by atomic mass is 79.9. The number of carbonyl (C=O) groups is 3. The van der Waals surface area contributed by atoms with Gasteiger partial charge in [0, 0.05) is 10.2 Å². The molecule has 9 heteroatoms. The zero-order valence-corrected chi connectivity index (χ0v) is 21.0. The molecule has 2 aromatic carbocycles. The molecule has 1 aliphatic heterocycles. The highest BCUT2D eigenvalue weighted by Crippen LogP contribution is 2.61. The summed E-state index contributed by atoms with van der Waals surface area (Å²) < 4.78 is 0.985. The smallest absolute Gasteiger partial charge is 0.248 e. The van der Waals surface area contributed by atoms with Gasteiger partial charge in [-0.1, -0.05) is 65.1 Å². The predicted octanol–water partition coefficient (Wildman–Crippen LogP) is 5.72. The van der Waals surface area contributed by atoms with Gasteiger partial charge in [0.2, 0.25) is 17.7 Å². The molecule has 0 radical (unpaired) electrons. The summed E-state index contributed by atoms with van der Waals surface area (Å²) in [5.41, 5.74) is 1.31. The minimum Gasteiger partial charge on any atom is -0.326 e. The predicted molar refractivity (Wildman–Crippen MR) is 134 cm³/mol. The SMILES string of the molecule is CC1(C)[C@H](C=C(Cl)Cl)[C@H]1C(=O)N1c2ccccc2NC(=O)[C@H]1CC(=O)Nc1ccc(Br)cc1. The first-order valence-corrected chi connectivity index (χ1v) is 12.0. The van der Waals surface area contributed by atoms with Gasteiger partial charge >= 0.3 is 0 Å². The maximum atomic E-state index is 13.8. The van der Waals surface area contributed by atoms with Gasteiger partial charge in [0.05, 0.1) is 23.7 Å². The zero-order valence-electron chi connectivity index (χ0n) is 17.9. The second-order valence-electron chi connectivity index (χ2n) is 8.77. The van der Waals surface area contributed by atoms with Gasteiger partial charge in [-0.05, 0) is 53.8 Å². The number of rotatable bonds is 5. The van der Waals surface area contributed by atoms with Crippen LogP contribution in [0.2, 0.25) is 0 Å². The Kier molecular flexibility index (Phi) is 6.58. The van der Waals surface area contributed by atoms with Crippen LogP contribution in [-0.2, 0) is 14.4 Å². The third-order valence-electron chi connectivity index (χ3n) is 6.26. The fraction of sp³-hybridized carbons (Fsp3) is 0.292. The van der Waals surface area contributed by atoms with Crippen LogP contribution in [-0.4, -0.2) is 23.8 Å². The summed E-state index contributed by atoms with van der Waals surface area (Å²) in [4.78, 5) is 41.1. The minimum absolute atomic E-state index is 0.102. The number of nitrogens with zero attached hydrogens (tertiary/aromatic N) is 1. The average molecular weight is 551 g/mol. The van der Waals surface area contributed by atoms with Gasteiger partial charge in [-0.25, -0.2) is 0 Å². The van der Waals surface area contributed by atoms with Crippen LogP contribution in [0.25, 0.3) is 0 Å². The van der Waals surface area contributed by atoms with Crippen LogP contribution in [0.15, 0.2) is 63.6 Å². The van der Waals surface area contributed by atoms with Crippen molar-refractivity contribution < 1.29 is 14.4 Å². The van der Waals surface area contributed by atoms with Gasteiger partial charge in [0.1, 0.15) is 10.5 Å². The van der Waals surface area contributed by atoms with Crippen molar-refractivity contribution in [1.29, 1.82) is 0 Å². The summed E-state index contributed by atoms with van der Waals surface area (Å²) in [6.07, 6.45) is 1.47. The lowest BCUT2D eigenvalue weighted by molar-refractivity contribution is -0.127. The summed E-state index contributed by atoms with van der Waals surface area (Å²) in [6, 6.07) is 13.2. The van der Waals surface area contributed by atoms with E-state index in [0.717, 1.165) is 4.47 Å². The number of hydrogen-bond acceptors (Lipinski definition) is 3. The number of anilines is 3. The molecule has 0 saturated heterocycles. The highest BCUT2D eigenvalue weighted by Gasteiger charge is 2.62. The second kappa shape index (κ2) is 9.12. The van der Waals surface area contributed by atoms with Crippen molar-refractivity contribution >= 4 is 73.9 Å². The molecule has 4 rings (SSSR count). The number of benzene rings is 2. The Labute approximate surface area is 210 Å². The van der Waals surface area contributed by atoms with E-state index in [0.29, 0.717) is 17.1 Å². The molecule has 3 atom stereocenters. The molecule has 0 aromatic heterocycles. The van der Waals surface area contributed by atoms with Crippen LogP contribution < -0.4 is 15.5 Å². The van der Waals surface area contributed by atoms with Gasteiger partial charge in [-0.2, -0.15) is 0 Å². The molecule has 1 aliphatic carbocycles. The highest BCUT2D eigenvalue weighted by molar-refractivity contribution is 9.10. The van der Waals surface area contributed by atoms with E-state index < -0.39 is 17.9 Å². The molecule has 33 heavy (non-hydrogen) atoms. The molecule has 2 aliphatic rings. The molecule has 0 spiro atoms. The van der Waals surface area contributed by atoms with Crippen molar-refractivity contribution in [1.82, 2.24) is 0 Å². The fourth-order valence-electron chi connectivity index (χ4n) is 4.41. The monoisotopic (exact) mass is 549 g/mol. The summed E-state index contributed by atoms with van der Waals surface area (Å²) >= 11 is 15.1. The number of nitrogens with one attached hydrogen (secondary N) is 2. The summed E-state index contributed by atoms with van der Waals surface area (Å²) in [5.74, 6) is -1.59. The number of carbonyl (C=O) groups excluding carboxylic acids is 3.